The summed E-state index contributed by atoms with van der Waals surface area (Å²) in [6.07, 6.45) is 0.128. The van der Waals surface area contributed by atoms with E-state index in [9.17, 15) is 9.59 Å². The van der Waals surface area contributed by atoms with Gasteiger partial charge in [0.2, 0.25) is 0 Å². The number of carbonyl (C=O) groups excluding carboxylic acids is 2. The smallest absolute Gasteiger partial charge is 0.346 e. The molecule has 0 heterocycles. The van der Waals surface area contributed by atoms with E-state index in [0.29, 0.717) is 13.0 Å². The highest BCUT2D eigenvalue weighted by molar-refractivity contribution is 6.26. The van der Waals surface area contributed by atoms with Crippen LogP contribution >= 0.6 is 11.6 Å². The Morgan fingerprint density at radius 2 is 2.00 bits per heavy atom. The predicted molar refractivity (Wildman–Crippen MR) is 80.8 cm³/mol. The van der Waals surface area contributed by atoms with Gasteiger partial charge in [0, 0.05) is 0 Å². The molecule has 2 unspecified atom stereocenters. The summed E-state index contributed by atoms with van der Waals surface area (Å²) in [5.74, 6) is 0.851. The lowest BCUT2D eigenvalue weighted by molar-refractivity contribution is -0.138. The number of ether oxygens (including phenoxy) is 2. The Morgan fingerprint density at radius 3 is 2.57 bits per heavy atom. The number of halogens is 1. The van der Waals surface area contributed by atoms with Crippen LogP contribution in [0.5, 0.6) is 0 Å². The molecule has 0 amide bonds. The Hall–Kier alpha value is -1.61. The van der Waals surface area contributed by atoms with Gasteiger partial charge in [0.15, 0.2) is 0 Å². The van der Waals surface area contributed by atoms with Crippen LogP contribution in [0.1, 0.15) is 25.8 Å². The third kappa shape index (κ3) is 6.13. The zero-order valence-electron chi connectivity index (χ0n) is 12.2. The minimum Gasteiger partial charge on any atom is -0.462 e. The summed E-state index contributed by atoms with van der Waals surface area (Å²) in [6, 6.07) is 9.71. The zero-order valence-corrected chi connectivity index (χ0v) is 12.9. The molecule has 0 saturated heterocycles. The number of carbonyl (C=O) groups is 1. The van der Waals surface area contributed by atoms with Crippen LogP contribution in [0.25, 0.3) is 0 Å². The van der Waals surface area contributed by atoms with E-state index < -0.39 is 11.3 Å². The summed E-state index contributed by atoms with van der Waals surface area (Å²) < 4.78 is 10.4. The number of esters is 1. The van der Waals surface area contributed by atoms with Crippen LogP contribution in [0, 0.1) is 0 Å². The van der Waals surface area contributed by atoms with E-state index in [-0.39, 0.29) is 18.3 Å². The molecule has 0 bridgehead atoms. The van der Waals surface area contributed by atoms with Gasteiger partial charge >= 0.3 is 5.97 Å². The van der Waals surface area contributed by atoms with Crippen LogP contribution in [0.4, 0.5) is 0 Å². The molecule has 0 aromatic heterocycles. The molecule has 1 aromatic rings. The Kier molecular flexibility index (Phi) is 7.76. The molecule has 0 aliphatic heterocycles. The molecule has 1 aromatic carbocycles. The lowest BCUT2D eigenvalue weighted by atomic mass is 10.1. The van der Waals surface area contributed by atoms with Crippen molar-refractivity contribution < 1.29 is 19.1 Å². The molecular weight excluding hydrogens is 292 g/mol. The highest BCUT2D eigenvalue weighted by atomic mass is 35.5. The monoisotopic (exact) mass is 310 g/mol. The van der Waals surface area contributed by atoms with E-state index in [0.717, 1.165) is 5.56 Å². The highest BCUT2D eigenvalue weighted by Crippen LogP contribution is 2.18. The molecule has 0 radical (unpaired) electrons. The third-order valence-electron chi connectivity index (χ3n) is 2.83. The summed E-state index contributed by atoms with van der Waals surface area (Å²) in [5, 5.41) is -0.771. The minimum atomic E-state index is -0.771. The molecule has 21 heavy (non-hydrogen) atoms. The Balaban J connectivity index is 2.47. The van der Waals surface area contributed by atoms with Crippen LogP contribution in [0.3, 0.4) is 0 Å². The van der Waals surface area contributed by atoms with Crippen molar-refractivity contribution in [3.05, 3.63) is 41.5 Å². The van der Waals surface area contributed by atoms with Crippen molar-refractivity contribution in [2.45, 2.75) is 38.4 Å². The van der Waals surface area contributed by atoms with E-state index in [1.54, 1.807) is 12.9 Å². The number of hydrogen-bond donors (Lipinski definition) is 0. The molecular formula is C16H19ClO4. The summed E-state index contributed by atoms with van der Waals surface area (Å²) in [7, 11) is 0. The SMILES string of the molecule is CCOC(=O)C(=C=O)C(Cl)CC(C)OCc1ccccc1. The first-order valence-electron chi connectivity index (χ1n) is 6.80. The maximum Gasteiger partial charge on any atom is 0.346 e. The fourth-order valence-electron chi connectivity index (χ4n) is 1.73. The maximum absolute atomic E-state index is 11.5. The lowest BCUT2D eigenvalue weighted by Crippen LogP contribution is -2.22. The van der Waals surface area contributed by atoms with E-state index in [4.69, 9.17) is 21.1 Å². The van der Waals surface area contributed by atoms with Crippen LogP contribution in [-0.4, -0.2) is 30.0 Å². The van der Waals surface area contributed by atoms with E-state index in [1.807, 2.05) is 37.3 Å². The van der Waals surface area contributed by atoms with Gasteiger partial charge in [0.1, 0.15) is 11.5 Å². The van der Waals surface area contributed by atoms with Gasteiger partial charge < -0.3 is 9.47 Å². The molecule has 5 heteroatoms. The van der Waals surface area contributed by atoms with Crippen molar-refractivity contribution in [2.75, 3.05) is 6.61 Å². The average Bonchev–Trinajstić information content (AvgIpc) is 2.47. The van der Waals surface area contributed by atoms with Crippen LogP contribution in [0.2, 0.25) is 0 Å². The van der Waals surface area contributed by atoms with Crippen molar-refractivity contribution in [3.8, 4) is 0 Å². The zero-order chi connectivity index (χ0) is 15.7. The van der Waals surface area contributed by atoms with Gasteiger partial charge in [-0.15, -0.1) is 11.6 Å². The Labute approximate surface area is 129 Å². The Bertz CT molecular complexity index is 494. The highest BCUT2D eigenvalue weighted by Gasteiger charge is 2.23. The number of hydrogen-bond acceptors (Lipinski definition) is 4. The van der Waals surface area contributed by atoms with Crippen LogP contribution in [0.15, 0.2) is 35.9 Å². The van der Waals surface area contributed by atoms with Gasteiger partial charge in [0.25, 0.3) is 0 Å². The fraction of sp³-hybridized carbons (Fsp3) is 0.438. The van der Waals surface area contributed by atoms with E-state index >= 15 is 0 Å². The minimum absolute atomic E-state index is 0.186. The molecule has 1 rings (SSSR count). The Morgan fingerprint density at radius 1 is 1.33 bits per heavy atom. The molecule has 0 N–H and O–H groups in total. The average molecular weight is 311 g/mol. The first-order chi connectivity index (χ1) is 10.1. The largest absolute Gasteiger partial charge is 0.462 e. The summed E-state index contributed by atoms with van der Waals surface area (Å²) in [5.41, 5.74) is 0.862. The van der Waals surface area contributed by atoms with Crippen molar-refractivity contribution in [1.29, 1.82) is 0 Å². The number of benzene rings is 1. The molecule has 4 nitrogen and oxygen atoms in total. The number of rotatable bonds is 8. The van der Waals surface area contributed by atoms with Gasteiger partial charge in [0.05, 0.1) is 24.7 Å². The summed E-state index contributed by atoms with van der Waals surface area (Å²) in [6.45, 7) is 4.14. The van der Waals surface area contributed by atoms with E-state index in [2.05, 4.69) is 0 Å². The standard InChI is InChI=1S/C16H19ClO4/c1-3-20-16(19)14(10-18)15(17)9-12(2)21-11-13-7-5-4-6-8-13/h4-8,12,15H,3,9,11H2,1-2H3. The molecule has 114 valence electrons. The summed E-state index contributed by atoms with van der Waals surface area (Å²) in [4.78, 5) is 22.4. The van der Waals surface area contributed by atoms with Gasteiger partial charge in [-0.1, -0.05) is 30.3 Å². The molecule has 0 aliphatic rings. The molecule has 0 saturated carbocycles. The van der Waals surface area contributed by atoms with Crippen molar-refractivity contribution in [3.63, 3.8) is 0 Å². The third-order valence-corrected chi connectivity index (χ3v) is 3.23. The number of alkyl halides is 1. The van der Waals surface area contributed by atoms with Gasteiger partial charge in [-0.05, 0) is 25.8 Å². The van der Waals surface area contributed by atoms with Gasteiger partial charge in [-0.25, -0.2) is 9.59 Å². The lowest BCUT2D eigenvalue weighted by Gasteiger charge is -2.16. The quantitative estimate of drug-likeness (QED) is 0.321. The van der Waals surface area contributed by atoms with Crippen LogP contribution in [-0.2, 0) is 25.7 Å². The second kappa shape index (κ2) is 9.35. The topological polar surface area (TPSA) is 52.6 Å². The van der Waals surface area contributed by atoms with Crippen molar-refractivity contribution in [1.82, 2.24) is 0 Å². The van der Waals surface area contributed by atoms with E-state index in [1.165, 1.54) is 0 Å². The van der Waals surface area contributed by atoms with Crippen molar-refractivity contribution >= 4 is 23.5 Å². The summed E-state index contributed by atoms with van der Waals surface area (Å²) >= 11 is 6.07. The molecule has 0 spiro atoms. The molecule has 0 aliphatic carbocycles. The predicted octanol–water partition coefficient (Wildman–Crippen LogP) is 2.91. The van der Waals surface area contributed by atoms with Crippen LogP contribution < -0.4 is 0 Å². The second-order valence-corrected chi connectivity index (χ2v) is 5.07. The first-order valence-corrected chi connectivity index (χ1v) is 7.23. The molecule has 2 atom stereocenters. The molecule has 0 fully saturated rings. The fourth-order valence-corrected chi connectivity index (χ4v) is 2.12. The maximum atomic E-state index is 11.5. The van der Waals surface area contributed by atoms with Gasteiger partial charge in [-0.2, -0.15) is 0 Å². The second-order valence-electron chi connectivity index (χ2n) is 4.55. The van der Waals surface area contributed by atoms with Crippen molar-refractivity contribution in [2.24, 2.45) is 0 Å². The van der Waals surface area contributed by atoms with Gasteiger partial charge in [-0.3, -0.25) is 0 Å². The normalized spacial score (nSPS) is 13.1. The first kappa shape index (κ1) is 17.4.